The Hall–Kier alpha value is -3.42. The standard InChI is InChI=1S/C19H17N3O5/c1-19(14-8-4-11-27-14)17(25)22(18(26)20-19)10-5-9-21-15(23)12-6-2-3-7-13(12)16(21)24/h2-4,6-8,11H,5,9-10H2,1H3,(H,20,26). The number of hydrogen-bond donors (Lipinski definition) is 1. The maximum Gasteiger partial charge on any atom is 0.325 e. The van der Waals surface area contributed by atoms with Crippen LogP contribution >= 0.6 is 0 Å². The van der Waals surface area contributed by atoms with Crippen LogP contribution in [0, 0.1) is 0 Å². The van der Waals surface area contributed by atoms with Gasteiger partial charge in [0.15, 0.2) is 5.54 Å². The molecular weight excluding hydrogens is 350 g/mol. The van der Waals surface area contributed by atoms with Crippen molar-refractivity contribution in [1.82, 2.24) is 15.1 Å². The Morgan fingerprint density at radius 2 is 1.56 bits per heavy atom. The molecule has 8 heteroatoms. The number of benzene rings is 1. The van der Waals surface area contributed by atoms with Crippen molar-refractivity contribution in [2.75, 3.05) is 13.1 Å². The van der Waals surface area contributed by atoms with Crippen LogP contribution in [-0.2, 0) is 10.3 Å². The molecule has 1 aromatic carbocycles. The van der Waals surface area contributed by atoms with Crippen molar-refractivity contribution in [2.45, 2.75) is 18.9 Å². The van der Waals surface area contributed by atoms with Gasteiger partial charge >= 0.3 is 6.03 Å². The van der Waals surface area contributed by atoms with Gasteiger partial charge in [0, 0.05) is 13.1 Å². The maximum atomic E-state index is 12.7. The molecule has 0 saturated carbocycles. The van der Waals surface area contributed by atoms with E-state index in [1.165, 1.54) is 6.26 Å². The van der Waals surface area contributed by atoms with Gasteiger partial charge in [0.1, 0.15) is 5.76 Å². The van der Waals surface area contributed by atoms with E-state index in [1.54, 1.807) is 43.3 Å². The second-order valence-corrected chi connectivity index (χ2v) is 6.65. The van der Waals surface area contributed by atoms with E-state index in [2.05, 4.69) is 5.32 Å². The zero-order valence-corrected chi connectivity index (χ0v) is 14.6. The predicted octanol–water partition coefficient (Wildman–Crippen LogP) is 1.73. The number of rotatable bonds is 5. The molecule has 2 aromatic rings. The smallest absolute Gasteiger partial charge is 0.325 e. The van der Waals surface area contributed by atoms with Gasteiger partial charge in [-0.1, -0.05) is 12.1 Å². The summed E-state index contributed by atoms with van der Waals surface area (Å²) in [6, 6.07) is 9.38. The summed E-state index contributed by atoms with van der Waals surface area (Å²) >= 11 is 0. The minimum Gasteiger partial charge on any atom is -0.466 e. The Morgan fingerprint density at radius 3 is 2.15 bits per heavy atom. The third-order valence-electron chi connectivity index (χ3n) is 4.93. The van der Waals surface area contributed by atoms with Crippen LogP contribution in [0.3, 0.4) is 0 Å². The van der Waals surface area contributed by atoms with Gasteiger partial charge in [-0.15, -0.1) is 0 Å². The van der Waals surface area contributed by atoms with Gasteiger partial charge in [-0.25, -0.2) is 4.79 Å². The van der Waals surface area contributed by atoms with E-state index >= 15 is 0 Å². The number of furan rings is 1. The maximum absolute atomic E-state index is 12.7. The van der Waals surface area contributed by atoms with E-state index in [0.717, 1.165) is 9.80 Å². The normalized spacial score (nSPS) is 21.8. The summed E-state index contributed by atoms with van der Waals surface area (Å²) in [6.07, 6.45) is 1.73. The Kier molecular flexibility index (Phi) is 3.83. The van der Waals surface area contributed by atoms with Gasteiger partial charge in [-0.2, -0.15) is 0 Å². The average molecular weight is 367 g/mol. The fourth-order valence-electron chi connectivity index (χ4n) is 3.46. The Bertz CT molecular complexity index is 917. The van der Waals surface area contributed by atoms with Gasteiger partial charge in [0.25, 0.3) is 17.7 Å². The highest BCUT2D eigenvalue weighted by Crippen LogP contribution is 2.29. The average Bonchev–Trinajstić information content (AvgIpc) is 3.33. The number of imide groups is 2. The minimum absolute atomic E-state index is 0.0916. The highest BCUT2D eigenvalue weighted by molar-refractivity contribution is 6.21. The number of amides is 5. The van der Waals surface area contributed by atoms with Gasteiger partial charge in [-0.05, 0) is 37.6 Å². The number of urea groups is 1. The highest BCUT2D eigenvalue weighted by Gasteiger charge is 2.50. The lowest BCUT2D eigenvalue weighted by Crippen LogP contribution is -2.41. The molecule has 138 valence electrons. The molecule has 1 aromatic heterocycles. The molecule has 0 bridgehead atoms. The Balaban J connectivity index is 1.42. The lowest BCUT2D eigenvalue weighted by atomic mass is 9.99. The van der Waals surface area contributed by atoms with E-state index < -0.39 is 17.5 Å². The number of fused-ring (bicyclic) bond motifs is 1. The zero-order valence-electron chi connectivity index (χ0n) is 14.6. The van der Waals surface area contributed by atoms with Crippen LogP contribution in [0.5, 0.6) is 0 Å². The fraction of sp³-hybridized carbons (Fsp3) is 0.263. The topological polar surface area (TPSA) is 99.9 Å². The van der Waals surface area contributed by atoms with Gasteiger partial charge in [0.05, 0.1) is 17.4 Å². The number of nitrogens with one attached hydrogen (secondary N) is 1. The first-order valence-corrected chi connectivity index (χ1v) is 8.57. The molecule has 0 aliphatic carbocycles. The van der Waals surface area contributed by atoms with Crippen LogP contribution in [0.4, 0.5) is 4.79 Å². The molecule has 5 amide bonds. The molecule has 0 spiro atoms. The lowest BCUT2D eigenvalue weighted by Gasteiger charge is -2.19. The molecule has 2 aliphatic rings. The molecule has 2 aliphatic heterocycles. The van der Waals surface area contributed by atoms with Crippen molar-refractivity contribution in [2.24, 2.45) is 0 Å². The Morgan fingerprint density at radius 1 is 0.926 bits per heavy atom. The zero-order chi connectivity index (χ0) is 19.2. The van der Waals surface area contributed by atoms with E-state index in [9.17, 15) is 19.2 Å². The van der Waals surface area contributed by atoms with Crippen LogP contribution in [0.25, 0.3) is 0 Å². The first-order valence-electron chi connectivity index (χ1n) is 8.57. The molecule has 8 nitrogen and oxygen atoms in total. The van der Waals surface area contributed by atoms with Crippen molar-refractivity contribution in [1.29, 1.82) is 0 Å². The summed E-state index contributed by atoms with van der Waals surface area (Å²) in [4.78, 5) is 51.9. The highest BCUT2D eigenvalue weighted by atomic mass is 16.3. The summed E-state index contributed by atoms with van der Waals surface area (Å²) in [7, 11) is 0. The molecule has 1 fully saturated rings. The van der Waals surface area contributed by atoms with E-state index in [1.807, 2.05) is 0 Å². The predicted molar refractivity (Wildman–Crippen MR) is 92.7 cm³/mol. The number of carbonyl (C=O) groups excluding carboxylic acids is 4. The number of nitrogens with zero attached hydrogens (tertiary/aromatic N) is 2. The second-order valence-electron chi connectivity index (χ2n) is 6.65. The summed E-state index contributed by atoms with van der Waals surface area (Å²) in [5.74, 6) is -0.782. The van der Waals surface area contributed by atoms with E-state index in [-0.39, 0.29) is 24.9 Å². The SMILES string of the molecule is CC1(c2ccco2)NC(=O)N(CCCN2C(=O)c3ccccc3C2=O)C1=O. The summed E-state index contributed by atoms with van der Waals surface area (Å²) < 4.78 is 5.28. The van der Waals surface area contributed by atoms with Crippen LogP contribution in [0.1, 0.15) is 39.8 Å². The second kappa shape index (κ2) is 6.08. The van der Waals surface area contributed by atoms with E-state index in [0.29, 0.717) is 23.3 Å². The first kappa shape index (κ1) is 17.0. The van der Waals surface area contributed by atoms with Crippen molar-refractivity contribution in [3.8, 4) is 0 Å². The number of carbonyl (C=O) groups is 4. The van der Waals surface area contributed by atoms with Crippen molar-refractivity contribution in [3.05, 3.63) is 59.5 Å². The summed E-state index contributed by atoms with van der Waals surface area (Å²) in [5.41, 5.74) is -0.499. The lowest BCUT2D eigenvalue weighted by molar-refractivity contribution is -0.131. The third kappa shape index (κ3) is 2.52. The summed E-state index contributed by atoms with van der Waals surface area (Å²) in [5, 5.41) is 2.64. The third-order valence-corrected chi connectivity index (χ3v) is 4.93. The van der Waals surface area contributed by atoms with Crippen molar-refractivity contribution < 1.29 is 23.6 Å². The van der Waals surface area contributed by atoms with Crippen LogP contribution < -0.4 is 5.32 Å². The van der Waals surface area contributed by atoms with Crippen molar-refractivity contribution >= 4 is 23.8 Å². The molecule has 1 atom stereocenters. The van der Waals surface area contributed by atoms with Crippen molar-refractivity contribution in [3.63, 3.8) is 0 Å². The molecule has 1 unspecified atom stereocenters. The van der Waals surface area contributed by atoms with Gasteiger partial charge in [0.2, 0.25) is 0 Å². The summed E-state index contributed by atoms with van der Waals surface area (Å²) in [6.45, 7) is 1.80. The largest absolute Gasteiger partial charge is 0.466 e. The van der Waals surface area contributed by atoms with E-state index in [4.69, 9.17) is 4.42 Å². The first-order chi connectivity index (χ1) is 12.9. The molecule has 1 N–H and O–H groups in total. The Labute approximate surface area is 154 Å². The molecule has 3 heterocycles. The van der Waals surface area contributed by atoms with Crippen LogP contribution in [0.15, 0.2) is 47.1 Å². The molecular formula is C19H17N3O5. The minimum atomic E-state index is -1.25. The quantitative estimate of drug-likeness (QED) is 0.641. The molecule has 4 rings (SSSR count). The van der Waals surface area contributed by atoms with Crippen LogP contribution in [-0.4, -0.2) is 46.6 Å². The number of hydrogen-bond acceptors (Lipinski definition) is 5. The monoisotopic (exact) mass is 367 g/mol. The molecule has 0 radical (unpaired) electrons. The van der Waals surface area contributed by atoms with Gasteiger partial charge < -0.3 is 9.73 Å². The molecule has 1 saturated heterocycles. The van der Waals surface area contributed by atoms with Gasteiger partial charge in [-0.3, -0.25) is 24.2 Å². The molecule has 27 heavy (non-hydrogen) atoms. The van der Waals surface area contributed by atoms with Crippen LogP contribution in [0.2, 0.25) is 0 Å². The fourth-order valence-corrected chi connectivity index (χ4v) is 3.46.